The number of fused-ring (bicyclic) bond motifs is 1. The standard InChI is InChI=1S/C19H21N9O2S3/c20-10-3-2-8-28(9-10)33(29,30)14-7-6-11(15(17(14)32-22)18-24-26-27-25-18)12-4-1-5-13-16(12)23-19(21)31-13/h1,4-7,10H,2-3,8-9,20,22H2,(H2,21,23)(H,24,25,26,27). The number of aromatic nitrogens is 5. The number of sulfonamides is 1. The number of hydrogen-bond donors (Lipinski definition) is 4. The zero-order chi connectivity index (χ0) is 23.2. The van der Waals surface area contributed by atoms with E-state index in [1.54, 1.807) is 12.1 Å². The Morgan fingerprint density at radius 2 is 2.06 bits per heavy atom. The number of benzene rings is 2. The molecule has 4 aromatic rings. The van der Waals surface area contributed by atoms with E-state index in [0.717, 1.165) is 28.6 Å². The van der Waals surface area contributed by atoms with Crippen LogP contribution in [0.15, 0.2) is 40.1 Å². The number of nitrogens with one attached hydrogen (secondary N) is 1. The fourth-order valence-electron chi connectivity index (χ4n) is 4.12. The predicted octanol–water partition coefficient (Wildman–Crippen LogP) is 1.80. The molecule has 1 fully saturated rings. The second kappa shape index (κ2) is 8.62. The van der Waals surface area contributed by atoms with Gasteiger partial charge in [0.25, 0.3) is 0 Å². The number of piperidine rings is 1. The van der Waals surface area contributed by atoms with E-state index in [1.807, 2.05) is 18.2 Å². The van der Waals surface area contributed by atoms with E-state index in [1.165, 1.54) is 15.6 Å². The van der Waals surface area contributed by atoms with E-state index < -0.39 is 10.0 Å². The van der Waals surface area contributed by atoms with Gasteiger partial charge in [-0.05, 0) is 52.9 Å². The maximum atomic E-state index is 13.6. The lowest BCUT2D eigenvalue weighted by Crippen LogP contribution is -2.45. The minimum absolute atomic E-state index is 0.0872. The molecule has 3 heterocycles. The molecule has 0 amide bonds. The van der Waals surface area contributed by atoms with E-state index in [0.29, 0.717) is 45.5 Å². The van der Waals surface area contributed by atoms with Gasteiger partial charge in [-0.1, -0.05) is 29.5 Å². The Labute approximate surface area is 197 Å². The maximum Gasteiger partial charge on any atom is 0.244 e. The summed E-state index contributed by atoms with van der Waals surface area (Å²) in [7, 11) is -3.85. The van der Waals surface area contributed by atoms with Gasteiger partial charge in [-0.15, -0.1) is 5.10 Å². The third kappa shape index (κ3) is 3.88. The van der Waals surface area contributed by atoms with Crippen molar-refractivity contribution in [3.05, 3.63) is 30.3 Å². The van der Waals surface area contributed by atoms with E-state index >= 15 is 0 Å². The van der Waals surface area contributed by atoms with Gasteiger partial charge in [0.05, 0.1) is 20.0 Å². The first-order chi connectivity index (χ1) is 15.9. The number of nitrogen functional groups attached to an aromatic ring is 1. The minimum Gasteiger partial charge on any atom is -0.375 e. The number of thiazole rings is 1. The Morgan fingerprint density at radius 3 is 2.79 bits per heavy atom. The van der Waals surface area contributed by atoms with Gasteiger partial charge in [0, 0.05) is 30.3 Å². The first-order valence-corrected chi connectivity index (χ1v) is 13.2. The quantitative estimate of drug-likeness (QED) is 0.293. The molecule has 0 saturated carbocycles. The molecule has 2 aromatic carbocycles. The SMILES string of the molecule is NSc1c(S(=O)(=O)N2CCCC(N)C2)ccc(-c2cccc3sc(N)nc23)c1-c1nnn[nH]1. The van der Waals surface area contributed by atoms with Gasteiger partial charge in [0.15, 0.2) is 11.0 Å². The van der Waals surface area contributed by atoms with Crippen LogP contribution in [0.25, 0.3) is 32.7 Å². The molecular weight excluding hydrogens is 482 g/mol. The largest absolute Gasteiger partial charge is 0.375 e. The third-order valence-electron chi connectivity index (χ3n) is 5.59. The molecule has 33 heavy (non-hydrogen) atoms. The molecule has 0 spiro atoms. The highest BCUT2D eigenvalue weighted by atomic mass is 32.2. The van der Waals surface area contributed by atoms with Crippen molar-refractivity contribution in [3.63, 3.8) is 0 Å². The highest BCUT2D eigenvalue weighted by Gasteiger charge is 2.33. The van der Waals surface area contributed by atoms with Crippen LogP contribution in [0.4, 0.5) is 5.13 Å². The number of anilines is 1. The number of tetrazole rings is 1. The Morgan fingerprint density at radius 1 is 1.21 bits per heavy atom. The summed E-state index contributed by atoms with van der Waals surface area (Å²) in [5, 5.41) is 20.7. The molecule has 172 valence electrons. The van der Waals surface area contributed by atoms with Crippen LogP contribution in [0, 0.1) is 0 Å². The monoisotopic (exact) mass is 503 g/mol. The highest BCUT2D eigenvalue weighted by molar-refractivity contribution is 7.98. The molecule has 0 radical (unpaired) electrons. The summed E-state index contributed by atoms with van der Waals surface area (Å²) < 4.78 is 29.5. The minimum atomic E-state index is -3.85. The van der Waals surface area contributed by atoms with Gasteiger partial charge in [0.1, 0.15) is 0 Å². The molecule has 7 N–H and O–H groups in total. The lowest BCUT2D eigenvalue weighted by molar-refractivity contribution is 0.315. The zero-order valence-corrected chi connectivity index (χ0v) is 19.8. The molecule has 0 bridgehead atoms. The second-order valence-corrected chi connectivity index (χ2v) is 11.3. The molecule has 2 aromatic heterocycles. The normalized spacial score (nSPS) is 17.6. The average Bonchev–Trinajstić information content (AvgIpc) is 3.46. The van der Waals surface area contributed by atoms with Gasteiger partial charge < -0.3 is 11.5 Å². The summed E-state index contributed by atoms with van der Waals surface area (Å²) in [6.45, 7) is 0.665. The van der Waals surface area contributed by atoms with Crippen molar-refractivity contribution in [2.45, 2.75) is 28.7 Å². The van der Waals surface area contributed by atoms with Crippen molar-refractivity contribution in [1.29, 1.82) is 0 Å². The molecule has 1 aliphatic rings. The van der Waals surface area contributed by atoms with Crippen LogP contribution in [0.2, 0.25) is 0 Å². The van der Waals surface area contributed by atoms with Crippen LogP contribution >= 0.6 is 23.3 Å². The fourth-order valence-corrected chi connectivity index (χ4v) is 7.46. The van der Waals surface area contributed by atoms with Crippen molar-refractivity contribution in [2.75, 3.05) is 18.8 Å². The molecule has 1 atom stereocenters. The summed E-state index contributed by atoms with van der Waals surface area (Å²) in [5.41, 5.74) is 14.6. The van der Waals surface area contributed by atoms with Crippen LogP contribution in [-0.2, 0) is 10.0 Å². The molecule has 14 heteroatoms. The van der Waals surface area contributed by atoms with Crippen molar-refractivity contribution in [3.8, 4) is 22.5 Å². The predicted molar refractivity (Wildman–Crippen MR) is 129 cm³/mol. The number of hydrogen-bond acceptors (Lipinski definition) is 11. The van der Waals surface area contributed by atoms with Crippen LogP contribution in [0.1, 0.15) is 12.8 Å². The Kier molecular flexibility index (Phi) is 5.80. The number of aromatic amines is 1. The molecule has 0 aliphatic carbocycles. The van der Waals surface area contributed by atoms with Gasteiger partial charge in [0.2, 0.25) is 10.0 Å². The van der Waals surface area contributed by atoms with Crippen molar-refractivity contribution in [2.24, 2.45) is 10.9 Å². The number of nitrogens with zero attached hydrogens (tertiary/aromatic N) is 5. The lowest BCUT2D eigenvalue weighted by Gasteiger charge is -2.30. The molecular formula is C19H21N9O2S3. The smallest absolute Gasteiger partial charge is 0.244 e. The molecule has 1 aliphatic heterocycles. The first kappa shape index (κ1) is 22.2. The van der Waals surface area contributed by atoms with Crippen LogP contribution in [-0.4, -0.2) is 57.5 Å². The Hall–Kier alpha value is -2.62. The second-order valence-electron chi connectivity index (χ2n) is 7.65. The first-order valence-electron chi connectivity index (χ1n) is 10.1. The topological polar surface area (TPSA) is 183 Å². The van der Waals surface area contributed by atoms with Gasteiger partial charge in [-0.2, -0.15) is 4.31 Å². The number of rotatable bonds is 5. The van der Waals surface area contributed by atoms with Gasteiger partial charge in [-0.25, -0.2) is 18.5 Å². The van der Waals surface area contributed by atoms with Crippen molar-refractivity contribution < 1.29 is 8.42 Å². The van der Waals surface area contributed by atoms with Crippen molar-refractivity contribution >= 4 is 48.7 Å². The van der Waals surface area contributed by atoms with Crippen LogP contribution in [0.5, 0.6) is 0 Å². The average molecular weight is 504 g/mol. The van der Waals surface area contributed by atoms with Gasteiger partial charge in [-0.3, -0.25) is 5.14 Å². The summed E-state index contributed by atoms with van der Waals surface area (Å²) >= 11 is 2.21. The van der Waals surface area contributed by atoms with E-state index in [-0.39, 0.29) is 17.5 Å². The zero-order valence-electron chi connectivity index (χ0n) is 17.3. The molecule has 1 unspecified atom stereocenters. The summed E-state index contributed by atoms with van der Waals surface area (Å²) in [6.07, 6.45) is 1.49. The molecule has 1 saturated heterocycles. The third-order valence-corrected chi connectivity index (χ3v) is 9.13. The van der Waals surface area contributed by atoms with E-state index in [2.05, 4.69) is 25.6 Å². The van der Waals surface area contributed by atoms with Crippen molar-refractivity contribution in [1.82, 2.24) is 29.9 Å². The molecule has 5 rings (SSSR count). The number of nitrogens with two attached hydrogens (primary N) is 3. The van der Waals surface area contributed by atoms with Gasteiger partial charge >= 0.3 is 0 Å². The number of para-hydroxylation sites is 1. The Balaban J connectivity index is 1.76. The van der Waals surface area contributed by atoms with Crippen LogP contribution in [0.3, 0.4) is 0 Å². The summed E-state index contributed by atoms with van der Waals surface area (Å²) in [5.74, 6) is 0.297. The van der Waals surface area contributed by atoms with E-state index in [9.17, 15) is 8.42 Å². The Bertz CT molecular complexity index is 1420. The fraction of sp³-hybridized carbons (Fsp3) is 0.263. The highest BCUT2D eigenvalue weighted by Crippen LogP contribution is 2.43. The van der Waals surface area contributed by atoms with Crippen LogP contribution < -0.4 is 16.6 Å². The van der Waals surface area contributed by atoms with E-state index in [4.69, 9.17) is 16.6 Å². The molecule has 11 nitrogen and oxygen atoms in total. The summed E-state index contributed by atoms with van der Waals surface area (Å²) in [4.78, 5) is 4.90. The number of H-pyrrole nitrogens is 1. The lowest BCUT2D eigenvalue weighted by atomic mass is 9.98. The summed E-state index contributed by atoms with van der Waals surface area (Å²) in [6, 6.07) is 8.83. The maximum absolute atomic E-state index is 13.6.